The lowest BCUT2D eigenvalue weighted by atomic mass is 10.0. The van der Waals surface area contributed by atoms with Crippen molar-refractivity contribution in [3.8, 4) is 11.3 Å². The predicted molar refractivity (Wildman–Crippen MR) is 79.7 cm³/mol. The van der Waals surface area contributed by atoms with Gasteiger partial charge in [-0.05, 0) is 24.6 Å². The molecule has 0 fully saturated rings. The first kappa shape index (κ1) is 14.4. The molecule has 0 bridgehead atoms. The number of aromatic amines is 1. The number of alkyl halides is 3. The number of hydrogen-bond acceptors (Lipinski definition) is 1. The Morgan fingerprint density at radius 1 is 0.955 bits per heavy atom. The topological polar surface area (TPSA) is 32.9 Å². The molecule has 1 heterocycles. The van der Waals surface area contributed by atoms with Crippen LogP contribution in [0.1, 0.15) is 11.1 Å². The fourth-order valence-electron chi connectivity index (χ4n) is 2.44. The molecule has 0 unspecified atom stereocenters. The molecule has 22 heavy (non-hydrogen) atoms. The molecule has 3 rings (SSSR count). The number of benzene rings is 2. The van der Waals surface area contributed by atoms with Crippen LogP contribution < -0.4 is 5.43 Å². The predicted octanol–water partition coefficient (Wildman–Crippen LogP) is 4.52. The fraction of sp³-hybridized carbons (Fsp3) is 0.118. The monoisotopic (exact) mass is 303 g/mol. The minimum Gasteiger partial charge on any atom is -0.354 e. The van der Waals surface area contributed by atoms with E-state index in [1.165, 1.54) is 6.07 Å². The first-order valence-corrected chi connectivity index (χ1v) is 6.67. The van der Waals surface area contributed by atoms with Gasteiger partial charge in [0.1, 0.15) is 5.56 Å². The maximum Gasteiger partial charge on any atom is 0.422 e. The number of para-hydroxylation sites is 1. The second-order valence-corrected chi connectivity index (χ2v) is 5.11. The summed E-state index contributed by atoms with van der Waals surface area (Å²) in [5.41, 5.74) is -0.707. The van der Waals surface area contributed by atoms with Crippen LogP contribution in [0, 0.1) is 6.92 Å². The van der Waals surface area contributed by atoms with Crippen molar-refractivity contribution in [3.63, 3.8) is 0 Å². The second kappa shape index (κ2) is 5.02. The standard InChI is InChI=1S/C17H12F3NO/c1-10-6-8-11(9-7-10)15-14(17(18,19)20)16(22)12-4-2-3-5-13(12)21-15/h2-9H,1H3,(H,21,22). The number of nitrogens with one attached hydrogen (secondary N) is 1. The summed E-state index contributed by atoms with van der Waals surface area (Å²) in [5.74, 6) is 0. The quantitative estimate of drug-likeness (QED) is 0.704. The van der Waals surface area contributed by atoms with Gasteiger partial charge in [-0.1, -0.05) is 42.0 Å². The summed E-state index contributed by atoms with van der Waals surface area (Å²) in [4.78, 5) is 15.1. The van der Waals surface area contributed by atoms with Gasteiger partial charge in [-0.15, -0.1) is 0 Å². The van der Waals surface area contributed by atoms with Gasteiger partial charge in [-0.2, -0.15) is 13.2 Å². The molecule has 0 spiro atoms. The molecule has 0 saturated carbocycles. The molecule has 2 nitrogen and oxygen atoms in total. The second-order valence-electron chi connectivity index (χ2n) is 5.11. The van der Waals surface area contributed by atoms with Crippen molar-refractivity contribution in [2.24, 2.45) is 0 Å². The molecule has 1 N–H and O–H groups in total. The number of aromatic nitrogens is 1. The van der Waals surface area contributed by atoms with E-state index >= 15 is 0 Å². The van der Waals surface area contributed by atoms with E-state index in [1.54, 1.807) is 42.5 Å². The Balaban J connectivity index is 2.42. The maximum absolute atomic E-state index is 13.4. The molecule has 3 aromatic rings. The van der Waals surface area contributed by atoms with E-state index in [0.29, 0.717) is 11.1 Å². The average Bonchev–Trinajstić information content (AvgIpc) is 2.46. The minimum atomic E-state index is -4.72. The third-order valence-electron chi connectivity index (χ3n) is 3.53. The molecule has 0 aliphatic carbocycles. The Labute approximate surface area is 124 Å². The zero-order chi connectivity index (χ0) is 15.9. The lowest BCUT2D eigenvalue weighted by molar-refractivity contribution is -0.137. The van der Waals surface area contributed by atoms with E-state index in [-0.39, 0.29) is 11.1 Å². The highest BCUT2D eigenvalue weighted by molar-refractivity contribution is 5.83. The number of pyridine rings is 1. The van der Waals surface area contributed by atoms with Crippen LogP contribution in [-0.4, -0.2) is 4.98 Å². The minimum absolute atomic E-state index is 0.0330. The van der Waals surface area contributed by atoms with E-state index in [1.807, 2.05) is 6.92 Å². The SMILES string of the molecule is Cc1ccc(-c2[nH]c3ccccc3c(=O)c2C(F)(F)F)cc1. The van der Waals surface area contributed by atoms with E-state index < -0.39 is 17.2 Å². The normalized spacial score (nSPS) is 11.8. The Bertz CT molecular complexity index is 892. The Hall–Kier alpha value is -2.56. The van der Waals surface area contributed by atoms with Gasteiger partial charge in [0.15, 0.2) is 0 Å². The van der Waals surface area contributed by atoms with Crippen LogP contribution in [0.3, 0.4) is 0 Å². The van der Waals surface area contributed by atoms with Crippen molar-refractivity contribution >= 4 is 10.9 Å². The molecule has 0 aliphatic rings. The van der Waals surface area contributed by atoms with Crippen molar-refractivity contribution in [2.45, 2.75) is 13.1 Å². The fourth-order valence-corrected chi connectivity index (χ4v) is 2.44. The highest BCUT2D eigenvalue weighted by Gasteiger charge is 2.38. The summed E-state index contributed by atoms with van der Waals surface area (Å²) in [5, 5.41) is 0.0330. The summed E-state index contributed by atoms with van der Waals surface area (Å²) in [6.45, 7) is 1.84. The number of H-pyrrole nitrogens is 1. The molecule has 0 amide bonds. The van der Waals surface area contributed by atoms with Crippen molar-refractivity contribution < 1.29 is 13.2 Å². The number of halogens is 3. The lowest BCUT2D eigenvalue weighted by Gasteiger charge is -2.14. The first-order chi connectivity index (χ1) is 10.4. The van der Waals surface area contributed by atoms with Crippen LogP contribution in [0.4, 0.5) is 13.2 Å². The third-order valence-corrected chi connectivity index (χ3v) is 3.53. The molecule has 1 aromatic heterocycles. The van der Waals surface area contributed by atoms with Crippen LogP contribution in [0.2, 0.25) is 0 Å². The van der Waals surface area contributed by atoms with Crippen molar-refractivity contribution in [1.29, 1.82) is 0 Å². The average molecular weight is 303 g/mol. The molecule has 0 saturated heterocycles. The molecule has 0 aliphatic heterocycles. The zero-order valence-electron chi connectivity index (χ0n) is 11.7. The van der Waals surface area contributed by atoms with Gasteiger partial charge in [0.05, 0.1) is 5.69 Å². The van der Waals surface area contributed by atoms with Crippen molar-refractivity contribution in [3.05, 3.63) is 69.9 Å². The molecule has 0 atom stereocenters. The Kier molecular flexibility index (Phi) is 3.28. The lowest BCUT2D eigenvalue weighted by Crippen LogP contribution is -2.22. The number of aryl methyl sites for hydroxylation is 1. The van der Waals surface area contributed by atoms with Crippen LogP contribution >= 0.6 is 0 Å². The largest absolute Gasteiger partial charge is 0.422 e. The smallest absolute Gasteiger partial charge is 0.354 e. The van der Waals surface area contributed by atoms with Crippen LogP contribution in [0.5, 0.6) is 0 Å². The van der Waals surface area contributed by atoms with E-state index in [9.17, 15) is 18.0 Å². The van der Waals surface area contributed by atoms with Gasteiger partial charge in [0.2, 0.25) is 5.43 Å². The van der Waals surface area contributed by atoms with E-state index in [0.717, 1.165) is 5.56 Å². The summed E-state index contributed by atoms with van der Waals surface area (Å²) < 4.78 is 40.1. The Morgan fingerprint density at radius 3 is 2.23 bits per heavy atom. The molecular weight excluding hydrogens is 291 g/mol. The summed E-state index contributed by atoms with van der Waals surface area (Å²) in [7, 11) is 0. The highest BCUT2D eigenvalue weighted by atomic mass is 19.4. The molecule has 112 valence electrons. The Morgan fingerprint density at radius 2 is 1.59 bits per heavy atom. The first-order valence-electron chi connectivity index (χ1n) is 6.67. The van der Waals surface area contributed by atoms with Crippen LogP contribution in [0.25, 0.3) is 22.2 Å². The van der Waals surface area contributed by atoms with Gasteiger partial charge >= 0.3 is 6.18 Å². The zero-order valence-corrected chi connectivity index (χ0v) is 11.7. The van der Waals surface area contributed by atoms with Crippen molar-refractivity contribution in [2.75, 3.05) is 0 Å². The van der Waals surface area contributed by atoms with Crippen LogP contribution in [-0.2, 0) is 6.18 Å². The highest BCUT2D eigenvalue weighted by Crippen LogP contribution is 2.35. The van der Waals surface area contributed by atoms with Gasteiger partial charge in [-0.3, -0.25) is 4.79 Å². The number of fused-ring (bicyclic) bond motifs is 1. The number of hydrogen-bond donors (Lipinski definition) is 1. The van der Waals surface area contributed by atoms with Gasteiger partial charge in [-0.25, -0.2) is 0 Å². The molecule has 0 radical (unpaired) electrons. The van der Waals surface area contributed by atoms with Gasteiger partial charge in [0.25, 0.3) is 0 Å². The van der Waals surface area contributed by atoms with E-state index in [4.69, 9.17) is 0 Å². The third kappa shape index (κ3) is 2.39. The van der Waals surface area contributed by atoms with Gasteiger partial charge < -0.3 is 4.98 Å². The summed E-state index contributed by atoms with van der Waals surface area (Å²) in [6.07, 6.45) is -4.72. The van der Waals surface area contributed by atoms with E-state index in [2.05, 4.69) is 4.98 Å². The molecule has 5 heteroatoms. The molecule has 2 aromatic carbocycles. The van der Waals surface area contributed by atoms with Crippen LogP contribution in [0.15, 0.2) is 53.3 Å². The maximum atomic E-state index is 13.4. The molecular formula is C17H12F3NO. The number of rotatable bonds is 1. The summed E-state index contributed by atoms with van der Waals surface area (Å²) >= 11 is 0. The summed E-state index contributed by atoms with van der Waals surface area (Å²) in [6, 6.07) is 12.8. The van der Waals surface area contributed by atoms with Crippen molar-refractivity contribution in [1.82, 2.24) is 4.98 Å². The van der Waals surface area contributed by atoms with Gasteiger partial charge in [0, 0.05) is 10.9 Å².